The first-order valence-electron chi connectivity index (χ1n) is 4.14. The number of carbonyl (C=O) groups is 2. The van der Waals surface area contributed by atoms with Crippen molar-refractivity contribution < 1.29 is 14.7 Å². The zero-order valence-electron chi connectivity index (χ0n) is 7.88. The van der Waals surface area contributed by atoms with Gasteiger partial charge in [0.25, 0.3) is 5.91 Å². The van der Waals surface area contributed by atoms with Gasteiger partial charge in [-0.3, -0.25) is 9.59 Å². The maximum absolute atomic E-state index is 11.3. The molecule has 0 atom stereocenters. The molecule has 7 heteroatoms. The summed E-state index contributed by atoms with van der Waals surface area (Å²) in [7, 11) is 0. The zero-order chi connectivity index (χ0) is 11.3. The Kier molecular flexibility index (Phi) is 3.55. The van der Waals surface area contributed by atoms with Crippen molar-refractivity contribution in [2.24, 2.45) is 0 Å². The first kappa shape index (κ1) is 10.9. The minimum absolute atomic E-state index is 0.0816. The van der Waals surface area contributed by atoms with Crippen LogP contribution in [-0.2, 0) is 11.3 Å². The number of carbonyl (C=O) groups excluding carboxylic acids is 1. The fourth-order valence-electron chi connectivity index (χ4n) is 0.870. The molecular weight excluding hydrogens is 200 g/mol. The number of hydrogen-bond acceptors (Lipinski definition) is 4. The second-order valence-corrected chi connectivity index (χ2v) is 2.69. The summed E-state index contributed by atoms with van der Waals surface area (Å²) < 4.78 is 1.42. The van der Waals surface area contributed by atoms with Gasteiger partial charge in [0.05, 0.1) is 12.7 Å². The maximum atomic E-state index is 11.3. The van der Waals surface area contributed by atoms with E-state index >= 15 is 0 Å². The number of allylic oxidation sites excluding steroid dienone is 1. The number of carboxylic acids is 1. The summed E-state index contributed by atoms with van der Waals surface area (Å²) in [5.74, 6) is -1.67. The van der Waals surface area contributed by atoms with Gasteiger partial charge in [-0.05, 0) is 0 Å². The maximum Gasteiger partial charge on any atom is 0.322 e. The van der Waals surface area contributed by atoms with Crippen LogP contribution in [0, 0.1) is 0 Å². The van der Waals surface area contributed by atoms with Gasteiger partial charge in [0.2, 0.25) is 0 Å². The standard InChI is InChI=1S/C8H10N4O3/c1-2-3-12-5-6(10-11-12)8(15)9-4-7(13)14/h2,5H,1,3-4H2,(H,9,15)(H,13,14). The lowest BCUT2D eigenvalue weighted by atomic mass is 10.4. The monoisotopic (exact) mass is 210 g/mol. The molecule has 0 aliphatic rings. The van der Waals surface area contributed by atoms with Crippen LogP contribution in [0.15, 0.2) is 18.9 Å². The van der Waals surface area contributed by atoms with Crippen LogP contribution in [0.3, 0.4) is 0 Å². The van der Waals surface area contributed by atoms with Crippen molar-refractivity contribution >= 4 is 11.9 Å². The summed E-state index contributed by atoms with van der Waals surface area (Å²) in [6.45, 7) is 3.51. The second-order valence-electron chi connectivity index (χ2n) is 2.69. The first-order valence-corrected chi connectivity index (χ1v) is 4.14. The number of amides is 1. The quantitative estimate of drug-likeness (QED) is 0.625. The Labute approximate surface area is 85.4 Å². The molecule has 1 aromatic heterocycles. The van der Waals surface area contributed by atoms with Crippen molar-refractivity contribution in [1.29, 1.82) is 0 Å². The number of hydrogen-bond donors (Lipinski definition) is 2. The van der Waals surface area contributed by atoms with Crippen molar-refractivity contribution in [3.63, 3.8) is 0 Å². The van der Waals surface area contributed by atoms with E-state index in [1.54, 1.807) is 6.08 Å². The van der Waals surface area contributed by atoms with Crippen LogP contribution < -0.4 is 5.32 Å². The lowest BCUT2D eigenvalue weighted by Crippen LogP contribution is -2.29. The molecule has 0 saturated heterocycles. The topological polar surface area (TPSA) is 97.1 Å². The molecule has 0 aromatic carbocycles. The van der Waals surface area contributed by atoms with Crippen LogP contribution >= 0.6 is 0 Å². The fourth-order valence-corrected chi connectivity index (χ4v) is 0.870. The molecule has 2 N–H and O–H groups in total. The third kappa shape index (κ3) is 3.22. The summed E-state index contributed by atoms with van der Waals surface area (Å²) >= 11 is 0. The van der Waals surface area contributed by atoms with E-state index in [0.717, 1.165) is 0 Å². The Morgan fingerprint density at radius 3 is 3.00 bits per heavy atom. The Bertz CT molecular complexity index is 385. The van der Waals surface area contributed by atoms with Crippen LogP contribution in [0.2, 0.25) is 0 Å². The lowest BCUT2D eigenvalue weighted by molar-refractivity contribution is -0.135. The Balaban J connectivity index is 2.57. The highest BCUT2D eigenvalue weighted by atomic mass is 16.4. The number of carboxylic acid groups (broad SMARTS) is 1. The summed E-state index contributed by atoms with van der Waals surface area (Å²) in [5.41, 5.74) is 0.0816. The highest BCUT2D eigenvalue weighted by Crippen LogP contribution is 1.92. The minimum atomic E-state index is -1.11. The van der Waals surface area contributed by atoms with Crippen LogP contribution in [0.5, 0.6) is 0 Å². The molecule has 1 rings (SSSR count). The number of aliphatic carboxylic acids is 1. The molecule has 0 unspecified atom stereocenters. The molecule has 15 heavy (non-hydrogen) atoms. The lowest BCUT2D eigenvalue weighted by Gasteiger charge is -1.96. The van der Waals surface area contributed by atoms with Gasteiger partial charge in [0.1, 0.15) is 6.54 Å². The number of aromatic nitrogens is 3. The Morgan fingerprint density at radius 1 is 1.67 bits per heavy atom. The average molecular weight is 210 g/mol. The summed E-state index contributed by atoms with van der Waals surface area (Å²) in [5, 5.41) is 17.7. The molecule has 0 bridgehead atoms. The normalized spacial score (nSPS) is 9.60. The summed E-state index contributed by atoms with van der Waals surface area (Å²) in [6.07, 6.45) is 3.02. The van der Waals surface area contributed by atoms with E-state index in [-0.39, 0.29) is 5.69 Å². The molecule has 0 spiro atoms. The molecule has 0 saturated carbocycles. The van der Waals surface area contributed by atoms with Crippen LogP contribution in [0.1, 0.15) is 10.5 Å². The largest absolute Gasteiger partial charge is 0.480 e. The molecule has 0 aliphatic heterocycles. The van der Waals surface area contributed by atoms with E-state index in [4.69, 9.17) is 5.11 Å². The molecule has 80 valence electrons. The third-order valence-corrected chi connectivity index (χ3v) is 1.49. The van der Waals surface area contributed by atoms with Crippen molar-refractivity contribution in [2.75, 3.05) is 6.54 Å². The smallest absolute Gasteiger partial charge is 0.322 e. The highest BCUT2D eigenvalue weighted by molar-refractivity contribution is 5.93. The van der Waals surface area contributed by atoms with E-state index < -0.39 is 18.4 Å². The number of rotatable bonds is 5. The number of nitrogens with zero attached hydrogens (tertiary/aromatic N) is 3. The molecular formula is C8H10N4O3. The predicted molar refractivity (Wildman–Crippen MR) is 50.2 cm³/mol. The Morgan fingerprint density at radius 2 is 2.40 bits per heavy atom. The summed E-state index contributed by atoms with van der Waals surface area (Å²) in [6, 6.07) is 0. The van der Waals surface area contributed by atoms with Gasteiger partial charge < -0.3 is 10.4 Å². The SMILES string of the molecule is C=CCn1cc(C(=O)NCC(=O)O)nn1. The molecule has 1 amide bonds. The number of nitrogens with one attached hydrogen (secondary N) is 1. The van der Waals surface area contributed by atoms with Gasteiger partial charge in [-0.1, -0.05) is 11.3 Å². The van der Waals surface area contributed by atoms with Gasteiger partial charge in [0, 0.05) is 0 Å². The van der Waals surface area contributed by atoms with Crippen molar-refractivity contribution in [2.45, 2.75) is 6.54 Å². The molecule has 0 radical (unpaired) electrons. The second kappa shape index (κ2) is 4.89. The van der Waals surface area contributed by atoms with Crippen molar-refractivity contribution in [3.05, 3.63) is 24.5 Å². The van der Waals surface area contributed by atoms with Gasteiger partial charge in [0.15, 0.2) is 5.69 Å². The van der Waals surface area contributed by atoms with Gasteiger partial charge in [-0.25, -0.2) is 4.68 Å². The average Bonchev–Trinajstić information content (AvgIpc) is 2.63. The van der Waals surface area contributed by atoms with E-state index in [1.165, 1.54) is 10.9 Å². The predicted octanol–water partition coefficient (Wildman–Crippen LogP) is -0.722. The van der Waals surface area contributed by atoms with Crippen molar-refractivity contribution in [1.82, 2.24) is 20.3 Å². The molecule has 1 aromatic rings. The van der Waals surface area contributed by atoms with Gasteiger partial charge in [-0.2, -0.15) is 0 Å². The van der Waals surface area contributed by atoms with E-state index in [0.29, 0.717) is 6.54 Å². The fraction of sp³-hybridized carbons (Fsp3) is 0.250. The van der Waals surface area contributed by atoms with Crippen LogP contribution in [-0.4, -0.2) is 38.5 Å². The van der Waals surface area contributed by atoms with Crippen LogP contribution in [0.25, 0.3) is 0 Å². The third-order valence-electron chi connectivity index (χ3n) is 1.49. The van der Waals surface area contributed by atoms with E-state index in [9.17, 15) is 9.59 Å². The molecule has 0 fully saturated rings. The van der Waals surface area contributed by atoms with Crippen LogP contribution in [0.4, 0.5) is 0 Å². The van der Waals surface area contributed by atoms with Crippen molar-refractivity contribution in [3.8, 4) is 0 Å². The van der Waals surface area contributed by atoms with Gasteiger partial charge in [-0.15, -0.1) is 11.7 Å². The molecule has 0 aliphatic carbocycles. The molecule has 7 nitrogen and oxygen atoms in total. The Hall–Kier alpha value is -2.18. The minimum Gasteiger partial charge on any atom is -0.480 e. The zero-order valence-corrected chi connectivity index (χ0v) is 7.88. The summed E-state index contributed by atoms with van der Waals surface area (Å²) in [4.78, 5) is 21.4. The van der Waals surface area contributed by atoms with E-state index in [2.05, 4.69) is 22.2 Å². The van der Waals surface area contributed by atoms with Gasteiger partial charge >= 0.3 is 5.97 Å². The highest BCUT2D eigenvalue weighted by Gasteiger charge is 2.10. The molecule has 1 heterocycles. The first-order chi connectivity index (χ1) is 7.13. The van der Waals surface area contributed by atoms with E-state index in [1.807, 2.05) is 0 Å².